The highest BCUT2D eigenvalue weighted by Gasteiger charge is 2.51. The van der Waals surface area contributed by atoms with Crippen LogP contribution in [-0.4, -0.2) is 47.0 Å². The van der Waals surface area contributed by atoms with Gasteiger partial charge in [0.05, 0.1) is 13.1 Å². The van der Waals surface area contributed by atoms with Crippen LogP contribution in [0.2, 0.25) is 0 Å². The number of amides is 1. The van der Waals surface area contributed by atoms with Crippen molar-refractivity contribution in [3.8, 4) is 0 Å². The summed E-state index contributed by atoms with van der Waals surface area (Å²) in [5.74, 6) is 0.252. The molecule has 0 radical (unpaired) electrons. The van der Waals surface area contributed by atoms with E-state index in [-0.39, 0.29) is 5.91 Å². The lowest BCUT2D eigenvalue weighted by atomic mass is 10.2. The summed E-state index contributed by atoms with van der Waals surface area (Å²) in [5.41, 5.74) is 0.358. The molecule has 0 bridgehead atoms. The van der Waals surface area contributed by atoms with Crippen molar-refractivity contribution in [3.63, 3.8) is 0 Å². The quantitative estimate of drug-likeness (QED) is 0.559. The van der Waals surface area contributed by atoms with Crippen molar-refractivity contribution in [1.29, 1.82) is 0 Å². The van der Waals surface area contributed by atoms with Gasteiger partial charge in [-0.15, -0.1) is 0 Å². The van der Waals surface area contributed by atoms with E-state index in [1.807, 2.05) is 10.6 Å². The number of carbonyl (C=O) groups excluding carboxylic acids is 1. The van der Waals surface area contributed by atoms with Gasteiger partial charge < -0.3 is 0 Å². The third-order valence-corrected chi connectivity index (χ3v) is 3.72. The molecule has 0 N–H and O–H groups in total. The SMILES string of the molecule is CSN1CC2(CC2)N(C)CC1=O. The smallest absolute Gasteiger partial charge is 0.246 e. The Kier molecular flexibility index (Phi) is 1.84. The van der Waals surface area contributed by atoms with E-state index < -0.39 is 0 Å². The minimum absolute atomic E-state index is 0.252. The fourth-order valence-electron chi connectivity index (χ4n) is 1.78. The molecule has 2 fully saturated rings. The number of carbonyl (C=O) groups is 1. The molecule has 4 heteroatoms. The van der Waals surface area contributed by atoms with Crippen molar-refractivity contribution in [1.82, 2.24) is 9.21 Å². The summed E-state index contributed by atoms with van der Waals surface area (Å²) in [6.07, 6.45) is 4.49. The molecule has 2 rings (SSSR count). The van der Waals surface area contributed by atoms with Crippen molar-refractivity contribution >= 4 is 17.9 Å². The van der Waals surface area contributed by atoms with Crippen LogP contribution in [-0.2, 0) is 4.79 Å². The number of hydrogen-bond acceptors (Lipinski definition) is 3. The molecule has 0 unspecified atom stereocenters. The zero-order chi connectivity index (χ0) is 8.77. The molecule has 3 nitrogen and oxygen atoms in total. The second kappa shape index (κ2) is 2.64. The van der Waals surface area contributed by atoms with Gasteiger partial charge in [0.2, 0.25) is 5.91 Å². The first-order valence-corrected chi connectivity index (χ1v) is 5.42. The second-order valence-corrected chi connectivity index (χ2v) is 4.50. The van der Waals surface area contributed by atoms with E-state index in [9.17, 15) is 4.79 Å². The lowest BCUT2D eigenvalue weighted by Crippen LogP contribution is -2.53. The van der Waals surface area contributed by atoms with Crippen molar-refractivity contribution in [3.05, 3.63) is 0 Å². The van der Waals surface area contributed by atoms with Gasteiger partial charge in [-0.05, 0) is 19.9 Å². The van der Waals surface area contributed by atoms with Gasteiger partial charge in [-0.1, -0.05) is 11.9 Å². The molecule has 1 saturated heterocycles. The monoisotopic (exact) mass is 186 g/mol. The molecular formula is C8H14N2OS. The van der Waals surface area contributed by atoms with E-state index in [4.69, 9.17) is 0 Å². The summed E-state index contributed by atoms with van der Waals surface area (Å²) < 4.78 is 1.90. The first-order valence-electron chi connectivity index (χ1n) is 4.24. The molecule has 1 heterocycles. The van der Waals surface area contributed by atoms with Crippen molar-refractivity contribution in [2.24, 2.45) is 0 Å². The fraction of sp³-hybridized carbons (Fsp3) is 0.875. The summed E-state index contributed by atoms with van der Waals surface area (Å²) >= 11 is 1.56. The van der Waals surface area contributed by atoms with Crippen LogP contribution >= 0.6 is 11.9 Å². The molecule has 1 aliphatic carbocycles. The van der Waals surface area contributed by atoms with Gasteiger partial charge in [0, 0.05) is 11.8 Å². The topological polar surface area (TPSA) is 23.6 Å². The molecule has 0 aromatic carbocycles. The Morgan fingerprint density at radius 1 is 1.50 bits per heavy atom. The van der Waals surface area contributed by atoms with Gasteiger partial charge in [-0.25, -0.2) is 0 Å². The molecule has 1 spiro atoms. The highest BCUT2D eigenvalue weighted by Crippen LogP contribution is 2.44. The Labute approximate surface area is 77.2 Å². The number of hydrogen-bond donors (Lipinski definition) is 0. The average Bonchev–Trinajstić information content (AvgIpc) is 2.79. The molecule has 1 amide bonds. The lowest BCUT2D eigenvalue weighted by Gasteiger charge is -2.38. The maximum absolute atomic E-state index is 11.4. The number of piperazine rings is 1. The molecule has 68 valence electrons. The van der Waals surface area contributed by atoms with Gasteiger partial charge in [0.25, 0.3) is 0 Å². The molecular weight excluding hydrogens is 172 g/mol. The highest BCUT2D eigenvalue weighted by atomic mass is 32.2. The standard InChI is InChI=1S/C8H14N2OS/c1-9-5-7(11)10(12-2)6-8(9)3-4-8/h3-6H2,1-2H3. The summed E-state index contributed by atoms with van der Waals surface area (Å²) in [6.45, 7) is 1.52. The molecule has 0 aromatic heterocycles. The molecule has 0 atom stereocenters. The Bertz CT molecular complexity index is 215. The number of likely N-dealkylation sites (N-methyl/N-ethyl adjacent to an activating group) is 1. The van der Waals surface area contributed by atoms with Crippen LogP contribution in [0.3, 0.4) is 0 Å². The summed E-state index contributed by atoms with van der Waals surface area (Å²) in [5, 5.41) is 0. The molecule has 12 heavy (non-hydrogen) atoms. The van der Waals surface area contributed by atoms with E-state index in [1.165, 1.54) is 12.8 Å². The summed E-state index contributed by atoms with van der Waals surface area (Å²) in [7, 11) is 2.06. The number of nitrogens with zero attached hydrogens (tertiary/aromatic N) is 2. The highest BCUT2D eigenvalue weighted by molar-refractivity contribution is 7.96. The fourth-order valence-corrected chi connectivity index (χ4v) is 2.41. The van der Waals surface area contributed by atoms with Crippen LogP contribution < -0.4 is 0 Å². The minimum Gasteiger partial charge on any atom is -0.290 e. The van der Waals surface area contributed by atoms with Gasteiger partial charge in [-0.3, -0.25) is 14.0 Å². The first kappa shape index (κ1) is 8.38. The van der Waals surface area contributed by atoms with E-state index >= 15 is 0 Å². The van der Waals surface area contributed by atoms with Crippen LogP contribution in [0.25, 0.3) is 0 Å². The van der Waals surface area contributed by atoms with Crippen LogP contribution in [0, 0.1) is 0 Å². The molecule has 2 aliphatic rings. The molecule has 1 saturated carbocycles. The van der Waals surface area contributed by atoms with Gasteiger partial charge >= 0.3 is 0 Å². The average molecular weight is 186 g/mol. The first-order chi connectivity index (χ1) is 5.68. The second-order valence-electron chi connectivity index (χ2n) is 3.69. The predicted octanol–water partition coefficient (Wildman–Crippen LogP) is 0.571. The van der Waals surface area contributed by atoms with Gasteiger partial charge in [0.15, 0.2) is 0 Å². The lowest BCUT2D eigenvalue weighted by molar-refractivity contribution is -0.131. The third-order valence-electron chi connectivity index (χ3n) is 2.95. The van der Waals surface area contributed by atoms with Crippen molar-refractivity contribution in [2.75, 3.05) is 26.4 Å². The molecule has 0 aromatic rings. The Hall–Kier alpha value is -0.220. The van der Waals surface area contributed by atoms with Crippen molar-refractivity contribution in [2.45, 2.75) is 18.4 Å². The van der Waals surface area contributed by atoms with Crippen LogP contribution in [0.15, 0.2) is 0 Å². The van der Waals surface area contributed by atoms with E-state index in [0.29, 0.717) is 12.1 Å². The number of rotatable bonds is 1. The zero-order valence-electron chi connectivity index (χ0n) is 7.54. The van der Waals surface area contributed by atoms with E-state index in [2.05, 4.69) is 11.9 Å². The van der Waals surface area contributed by atoms with E-state index in [0.717, 1.165) is 6.54 Å². The Morgan fingerprint density at radius 3 is 2.67 bits per heavy atom. The largest absolute Gasteiger partial charge is 0.290 e. The molecule has 1 aliphatic heterocycles. The zero-order valence-corrected chi connectivity index (χ0v) is 8.36. The maximum atomic E-state index is 11.4. The predicted molar refractivity (Wildman–Crippen MR) is 49.8 cm³/mol. The van der Waals surface area contributed by atoms with Gasteiger partial charge in [0.1, 0.15) is 0 Å². The van der Waals surface area contributed by atoms with Crippen LogP contribution in [0.4, 0.5) is 0 Å². The Balaban J connectivity index is 2.09. The van der Waals surface area contributed by atoms with Crippen molar-refractivity contribution < 1.29 is 4.79 Å². The Morgan fingerprint density at radius 2 is 2.17 bits per heavy atom. The third kappa shape index (κ3) is 1.13. The van der Waals surface area contributed by atoms with Crippen LogP contribution in [0.1, 0.15) is 12.8 Å². The summed E-state index contributed by atoms with van der Waals surface area (Å²) in [4.78, 5) is 13.6. The maximum Gasteiger partial charge on any atom is 0.246 e. The van der Waals surface area contributed by atoms with Gasteiger partial charge in [-0.2, -0.15) is 0 Å². The van der Waals surface area contributed by atoms with E-state index in [1.54, 1.807) is 11.9 Å². The van der Waals surface area contributed by atoms with Crippen LogP contribution in [0.5, 0.6) is 0 Å². The summed E-state index contributed by atoms with van der Waals surface area (Å²) in [6, 6.07) is 0. The normalized spacial score (nSPS) is 28.2. The minimum atomic E-state index is 0.252.